The molecule has 11 rings (SSSR count). The molecule has 1 aliphatic heterocycles. The minimum atomic E-state index is -0.837. The third-order valence-electron chi connectivity index (χ3n) is 13.2. The van der Waals surface area contributed by atoms with Crippen LogP contribution in [-0.2, 0) is 37.3 Å². The monoisotopic (exact) mass is 1120 g/mol. The predicted molar refractivity (Wildman–Crippen MR) is 296 cm³/mol. The molecule has 0 saturated heterocycles. The van der Waals surface area contributed by atoms with Crippen molar-refractivity contribution in [2.45, 2.75) is 78.5 Å². The molecule has 0 amide bonds. The third kappa shape index (κ3) is 8.98. The zero-order valence-electron chi connectivity index (χ0n) is 48.4. The molecular formula is C66H58N4OPt+2. The molecule has 72 heavy (non-hydrogen) atoms. The summed E-state index contributed by atoms with van der Waals surface area (Å²) in [5, 5.41) is 2.12. The van der Waals surface area contributed by atoms with Gasteiger partial charge in [-0.1, -0.05) is 194 Å². The number of benzene rings is 8. The molecule has 2 aromatic heterocycles. The van der Waals surface area contributed by atoms with Gasteiger partial charge in [0.1, 0.15) is 11.5 Å². The molecule has 0 atom stereocenters. The van der Waals surface area contributed by atoms with Gasteiger partial charge in [0, 0.05) is 38.1 Å². The maximum atomic E-state index is 8.81. The van der Waals surface area contributed by atoms with Crippen molar-refractivity contribution < 1.29 is 35.4 Å². The molecule has 3 heterocycles. The van der Waals surface area contributed by atoms with E-state index < -0.39 is 23.5 Å². The van der Waals surface area contributed by atoms with Gasteiger partial charge in [-0.2, -0.15) is 12.1 Å². The van der Waals surface area contributed by atoms with E-state index in [1.807, 2.05) is 84.4 Å². The fraction of sp³-hybridized carbons (Fsp3) is 0.182. The molecule has 1 aliphatic rings. The van der Waals surface area contributed by atoms with Crippen LogP contribution >= 0.6 is 0 Å². The van der Waals surface area contributed by atoms with Gasteiger partial charge in [0.15, 0.2) is 0 Å². The predicted octanol–water partition coefficient (Wildman–Crippen LogP) is 17.3. The molecule has 0 saturated carbocycles. The smallest absolute Gasteiger partial charge is 0.509 e. The molecule has 0 spiro atoms. The van der Waals surface area contributed by atoms with Gasteiger partial charge in [-0.05, 0) is 95.5 Å². The Morgan fingerprint density at radius 2 is 1.25 bits per heavy atom. The molecule has 0 N–H and O–H groups in total. The van der Waals surface area contributed by atoms with Gasteiger partial charge in [0.05, 0.1) is 18.0 Å². The molecule has 0 unspecified atom stereocenters. The maximum absolute atomic E-state index is 8.81. The van der Waals surface area contributed by atoms with Crippen molar-refractivity contribution >= 4 is 50.6 Å². The average molecular weight is 1130 g/mol. The summed E-state index contributed by atoms with van der Waals surface area (Å²) in [4.78, 5) is 4.86. The topological polar surface area (TPSA) is 33.1 Å². The summed E-state index contributed by atoms with van der Waals surface area (Å²) in [6.45, 7) is 15.1. The molecule has 8 aromatic carbocycles. The molecule has 5 nitrogen and oxygen atoms in total. The molecular weight excluding hydrogens is 1060 g/mol. The third-order valence-corrected chi connectivity index (χ3v) is 13.2. The number of pyridine rings is 1. The largest absolute Gasteiger partial charge is 2.00 e. The number of aromatic nitrogens is 2. The van der Waals surface area contributed by atoms with Crippen LogP contribution in [0.3, 0.4) is 0 Å². The first kappa shape index (κ1) is 40.2. The zero-order valence-corrected chi connectivity index (χ0v) is 43.7. The van der Waals surface area contributed by atoms with E-state index in [2.05, 4.69) is 142 Å². The van der Waals surface area contributed by atoms with Crippen LogP contribution in [0, 0.1) is 12.1 Å². The Morgan fingerprint density at radius 1 is 0.569 bits per heavy atom. The second kappa shape index (κ2) is 18.6. The maximum Gasteiger partial charge on any atom is 2.00 e. The van der Waals surface area contributed by atoms with Crippen molar-refractivity contribution in [3.05, 3.63) is 217 Å². The zero-order chi connectivity index (χ0) is 55.0. The van der Waals surface area contributed by atoms with Gasteiger partial charge >= 0.3 is 27.1 Å². The number of para-hydroxylation sites is 3. The first-order valence-corrected chi connectivity index (χ1v) is 23.9. The number of fused-ring (bicyclic) bond motifs is 4. The summed E-state index contributed by atoms with van der Waals surface area (Å²) >= 11 is 0. The molecule has 6 heteroatoms. The Morgan fingerprint density at radius 3 is 2.00 bits per heavy atom. The minimum absolute atomic E-state index is 0. The molecule has 0 aliphatic carbocycles. The van der Waals surface area contributed by atoms with Crippen molar-refractivity contribution in [2.75, 3.05) is 0 Å². The second-order valence-corrected chi connectivity index (χ2v) is 20.7. The van der Waals surface area contributed by atoms with E-state index in [9.17, 15) is 0 Å². The van der Waals surface area contributed by atoms with Gasteiger partial charge < -0.3 is 9.30 Å². The minimum Gasteiger partial charge on any atom is -0.509 e. The standard InChI is InChI=1S/C66H58N4O.Pt/c1-64(2,3)47-36-37-67-62(40-47)70-58-27-16-14-25-53(58)54-35-34-51(42-61(54)70)71-50-23-19-22-49(41-50)68-43-69(60-29-18-17-28-59(60)68)63-55(46-32-30-45(31-33-46)44-20-11-10-12-21-44)38-48(65(4,5)6)39-56(63)52-24-13-15-26-57(52)66(7,8)9;/h10-40H,1-9H3;/q;+2/i4D,5D,10D,11D,12D,20D,21D;. The van der Waals surface area contributed by atoms with Gasteiger partial charge in [-0.15, -0.1) is 23.6 Å². The number of rotatable bonds is 8. The van der Waals surface area contributed by atoms with Crippen molar-refractivity contribution in [3.8, 4) is 50.7 Å². The number of nitrogens with zero attached hydrogens (tertiary/aromatic N) is 4. The Hall–Kier alpha value is -7.42. The summed E-state index contributed by atoms with van der Waals surface area (Å²) in [6.07, 6.45) is 1.87. The quantitative estimate of drug-likeness (QED) is 0.112. The fourth-order valence-corrected chi connectivity index (χ4v) is 9.56. The summed E-state index contributed by atoms with van der Waals surface area (Å²) in [5.74, 6) is 1.79. The molecule has 0 fully saturated rings. The molecule has 10 aromatic rings. The van der Waals surface area contributed by atoms with Crippen molar-refractivity contribution in [1.29, 1.82) is 0 Å². The van der Waals surface area contributed by atoms with Crippen LogP contribution in [0.15, 0.2) is 188 Å². The Bertz CT molecular complexity index is 4100. The first-order chi connectivity index (χ1) is 37.3. The molecule has 356 valence electrons. The van der Waals surface area contributed by atoms with E-state index in [0.717, 1.165) is 78.1 Å². The van der Waals surface area contributed by atoms with Gasteiger partial charge in [0.25, 0.3) is 11.4 Å². The molecule has 0 bridgehead atoms. The van der Waals surface area contributed by atoms with E-state index >= 15 is 0 Å². The molecule has 0 radical (unpaired) electrons. The van der Waals surface area contributed by atoms with Crippen LogP contribution in [0.1, 0.15) is 88.6 Å². The van der Waals surface area contributed by atoms with Crippen molar-refractivity contribution in [2.24, 2.45) is 0 Å². The Labute approximate surface area is 448 Å². The van der Waals surface area contributed by atoms with Crippen LogP contribution < -0.4 is 13.9 Å². The summed E-state index contributed by atoms with van der Waals surface area (Å²) in [5.41, 5.74) is 11.0. The summed E-state index contributed by atoms with van der Waals surface area (Å²) in [7, 11) is 0. The van der Waals surface area contributed by atoms with Crippen LogP contribution in [-0.4, -0.2) is 15.6 Å². The number of hydrogen-bond donors (Lipinski definition) is 0. The first-order valence-electron chi connectivity index (χ1n) is 27.8. The van der Waals surface area contributed by atoms with E-state index in [4.69, 9.17) is 19.3 Å². The normalized spacial score (nSPS) is 14.0. The second-order valence-electron chi connectivity index (χ2n) is 20.7. The van der Waals surface area contributed by atoms with E-state index in [-0.39, 0.29) is 63.3 Å². The van der Waals surface area contributed by atoms with Crippen LogP contribution in [0.5, 0.6) is 11.5 Å². The van der Waals surface area contributed by atoms with E-state index in [1.165, 1.54) is 5.56 Å². The SMILES string of the molecule is [2H]CC(C)(C[2H])c1cc(-c2ccc(-c3c([2H])c([2H])c([2H])c([2H])c3[2H])cc2)c([N+]2=C=[N+](c3[c-]c(Oc4[c-]c5c(cc4)c4ccccc4n5-c4cc(C(C)(C)C)ccn4)ccc3)c3ccccc32)c(-c2ccccc2C(C)(C)C)c1.[Pt+2]. The van der Waals surface area contributed by atoms with Gasteiger partial charge in [0.2, 0.25) is 5.69 Å². The van der Waals surface area contributed by atoms with Gasteiger partial charge in [-0.25, -0.2) is 4.98 Å². The van der Waals surface area contributed by atoms with Crippen molar-refractivity contribution in [1.82, 2.24) is 18.7 Å². The number of hydrogen-bond acceptors (Lipinski definition) is 2. The fourth-order valence-electron chi connectivity index (χ4n) is 9.56. The average Bonchev–Trinajstić information content (AvgIpc) is 4.22. The summed E-state index contributed by atoms with van der Waals surface area (Å²) in [6, 6.07) is 59.6. The van der Waals surface area contributed by atoms with Crippen LogP contribution in [0.4, 0.5) is 22.7 Å². The van der Waals surface area contributed by atoms with Gasteiger partial charge in [-0.3, -0.25) is 0 Å². The van der Waals surface area contributed by atoms with Crippen LogP contribution in [0.25, 0.3) is 61.0 Å². The van der Waals surface area contributed by atoms with E-state index in [0.29, 0.717) is 22.7 Å². The summed E-state index contributed by atoms with van der Waals surface area (Å²) < 4.78 is 73.1. The number of ether oxygens (including phenoxy) is 1. The van der Waals surface area contributed by atoms with E-state index in [1.54, 1.807) is 12.1 Å². The Kier molecular flexibility index (Phi) is 10.4. The Balaban J connectivity index is 0.00000704. The van der Waals surface area contributed by atoms with Crippen LogP contribution in [0.2, 0.25) is 0 Å². The van der Waals surface area contributed by atoms with Crippen molar-refractivity contribution in [3.63, 3.8) is 0 Å².